The summed E-state index contributed by atoms with van der Waals surface area (Å²) in [4.78, 5) is 6.69. The van der Waals surface area contributed by atoms with Crippen molar-refractivity contribution in [1.29, 1.82) is 0 Å². The summed E-state index contributed by atoms with van der Waals surface area (Å²) in [5.74, 6) is 2.00. The maximum Gasteiger partial charge on any atom is 0.183 e. The first-order valence-corrected chi connectivity index (χ1v) is 6.60. The molecule has 19 heavy (non-hydrogen) atoms. The first-order valence-electron chi connectivity index (χ1n) is 6.60. The molecule has 5 heteroatoms. The first kappa shape index (κ1) is 15.7. The van der Waals surface area contributed by atoms with Gasteiger partial charge in [0.25, 0.3) is 0 Å². The van der Waals surface area contributed by atoms with Crippen molar-refractivity contribution in [2.24, 2.45) is 11.7 Å². The molecule has 0 atom stereocenters. The zero-order chi connectivity index (χ0) is 14.3. The van der Waals surface area contributed by atoms with Crippen LogP contribution in [0.15, 0.2) is 12.3 Å². The Balaban J connectivity index is 2.88. The third-order valence-corrected chi connectivity index (χ3v) is 2.81. The molecule has 0 fully saturated rings. The van der Waals surface area contributed by atoms with Crippen molar-refractivity contribution in [3.63, 3.8) is 0 Å². The summed E-state index contributed by atoms with van der Waals surface area (Å²) in [6.45, 7) is 7.58. The number of pyridine rings is 1. The van der Waals surface area contributed by atoms with Gasteiger partial charge in [0.2, 0.25) is 0 Å². The predicted octanol–water partition coefficient (Wildman–Crippen LogP) is 1.52. The Morgan fingerprint density at radius 1 is 1.32 bits per heavy atom. The van der Waals surface area contributed by atoms with Gasteiger partial charge in [0.15, 0.2) is 11.5 Å². The highest BCUT2D eigenvalue weighted by Crippen LogP contribution is 2.29. The van der Waals surface area contributed by atoms with Crippen molar-refractivity contribution < 1.29 is 9.47 Å². The molecule has 0 aliphatic rings. The minimum Gasteiger partial charge on any atom is -0.493 e. The van der Waals surface area contributed by atoms with Crippen LogP contribution in [0.5, 0.6) is 11.5 Å². The van der Waals surface area contributed by atoms with Crippen LogP contribution in [0, 0.1) is 5.92 Å². The minimum absolute atomic E-state index is 0.586. The van der Waals surface area contributed by atoms with E-state index in [2.05, 4.69) is 23.7 Å². The van der Waals surface area contributed by atoms with E-state index in [4.69, 9.17) is 15.2 Å². The van der Waals surface area contributed by atoms with Crippen molar-refractivity contribution in [3.05, 3.63) is 18.0 Å². The molecule has 0 aromatic carbocycles. The summed E-state index contributed by atoms with van der Waals surface area (Å²) in [5.41, 5.74) is 6.55. The second kappa shape index (κ2) is 7.96. The number of hydrogen-bond donors (Lipinski definition) is 1. The third-order valence-electron chi connectivity index (χ3n) is 2.81. The van der Waals surface area contributed by atoms with Gasteiger partial charge in [-0.1, -0.05) is 13.8 Å². The average Bonchev–Trinajstić information content (AvgIpc) is 2.37. The average molecular weight is 267 g/mol. The second-order valence-electron chi connectivity index (χ2n) is 4.91. The molecular formula is C14H25N3O2. The Bertz CT molecular complexity index is 383. The van der Waals surface area contributed by atoms with Gasteiger partial charge in [-0.2, -0.15) is 0 Å². The van der Waals surface area contributed by atoms with Crippen molar-refractivity contribution in [2.45, 2.75) is 20.4 Å². The molecule has 108 valence electrons. The van der Waals surface area contributed by atoms with Gasteiger partial charge >= 0.3 is 0 Å². The van der Waals surface area contributed by atoms with E-state index < -0.39 is 0 Å². The van der Waals surface area contributed by atoms with Crippen LogP contribution in [0.1, 0.15) is 19.5 Å². The van der Waals surface area contributed by atoms with Crippen molar-refractivity contribution in [3.8, 4) is 11.5 Å². The second-order valence-corrected chi connectivity index (χ2v) is 4.91. The summed E-state index contributed by atoms with van der Waals surface area (Å²) < 4.78 is 10.7. The lowest BCUT2D eigenvalue weighted by molar-refractivity contribution is 0.234. The van der Waals surface area contributed by atoms with Gasteiger partial charge in [0.05, 0.1) is 14.2 Å². The van der Waals surface area contributed by atoms with Crippen molar-refractivity contribution in [1.82, 2.24) is 9.88 Å². The van der Waals surface area contributed by atoms with Gasteiger partial charge in [-0.15, -0.1) is 0 Å². The van der Waals surface area contributed by atoms with Gasteiger partial charge in [0.1, 0.15) is 5.69 Å². The molecule has 1 aromatic rings. The molecule has 2 N–H and O–H groups in total. The van der Waals surface area contributed by atoms with Crippen LogP contribution in [0.2, 0.25) is 0 Å². The lowest BCUT2D eigenvalue weighted by Gasteiger charge is -2.24. The summed E-state index contributed by atoms with van der Waals surface area (Å²) in [7, 11) is 3.27. The monoisotopic (exact) mass is 267 g/mol. The van der Waals surface area contributed by atoms with Crippen LogP contribution >= 0.6 is 0 Å². The molecule has 5 nitrogen and oxygen atoms in total. The van der Waals surface area contributed by atoms with E-state index in [9.17, 15) is 0 Å². The standard InChI is InChI=1S/C14H25N3O2/c1-11(2)9-17(8-6-15)10-12-14(19-4)13(18-3)5-7-16-12/h5,7,11H,6,8-10,15H2,1-4H3. The molecule has 0 aliphatic heterocycles. The molecule has 0 unspecified atom stereocenters. The number of methoxy groups -OCH3 is 2. The zero-order valence-electron chi connectivity index (χ0n) is 12.3. The molecule has 0 aliphatic carbocycles. The number of aromatic nitrogens is 1. The smallest absolute Gasteiger partial charge is 0.183 e. The van der Waals surface area contributed by atoms with Crippen LogP contribution in [-0.4, -0.2) is 43.7 Å². The van der Waals surface area contributed by atoms with E-state index in [0.717, 1.165) is 25.3 Å². The molecular weight excluding hydrogens is 242 g/mol. The topological polar surface area (TPSA) is 60.6 Å². The Morgan fingerprint density at radius 2 is 2.05 bits per heavy atom. The third kappa shape index (κ3) is 4.69. The minimum atomic E-state index is 0.586. The number of rotatable bonds is 8. The highest BCUT2D eigenvalue weighted by atomic mass is 16.5. The number of nitrogens with two attached hydrogens (primary N) is 1. The maximum absolute atomic E-state index is 5.67. The van der Waals surface area contributed by atoms with E-state index in [0.29, 0.717) is 24.0 Å². The zero-order valence-corrected chi connectivity index (χ0v) is 12.3. The van der Waals surface area contributed by atoms with Crippen molar-refractivity contribution >= 4 is 0 Å². The van der Waals surface area contributed by atoms with Crippen LogP contribution in [0.4, 0.5) is 0 Å². The molecule has 1 heterocycles. The molecule has 0 bridgehead atoms. The Kier molecular flexibility index (Phi) is 6.59. The highest BCUT2D eigenvalue weighted by molar-refractivity contribution is 5.42. The molecule has 0 radical (unpaired) electrons. The number of ether oxygens (including phenoxy) is 2. The molecule has 1 rings (SSSR count). The number of nitrogens with zero attached hydrogens (tertiary/aromatic N) is 2. The molecule has 1 aromatic heterocycles. The predicted molar refractivity (Wildman–Crippen MR) is 76.5 cm³/mol. The SMILES string of the molecule is COc1ccnc(CN(CCN)CC(C)C)c1OC. The summed E-state index contributed by atoms with van der Waals surface area (Å²) in [5, 5.41) is 0. The van der Waals surface area contributed by atoms with E-state index in [1.54, 1.807) is 26.5 Å². The van der Waals surface area contributed by atoms with Crippen molar-refractivity contribution in [2.75, 3.05) is 33.9 Å². The fraction of sp³-hybridized carbons (Fsp3) is 0.643. The van der Waals surface area contributed by atoms with E-state index in [-0.39, 0.29) is 0 Å². The van der Waals surface area contributed by atoms with Crippen LogP contribution < -0.4 is 15.2 Å². The van der Waals surface area contributed by atoms with Gasteiger partial charge in [-0.05, 0) is 5.92 Å². The Labute approximate surface area is 115 Å². The van der Waals surface area contributed by atoms with Gasteiger partial charge < -0.3 is 15.2 Å². The van der Waals surface area contributed by atoms with E-state index in [1.165, 1.54) is 0 Å². The quantitative estimate of drug-likeness (QED) is 0.773. The Morgan fingerprint density at radius 3 is 2.58 bits per heavy atom. The fourth-order valence-electron chi connectivity index (χ4n) is 2.11. The maximum atomic E-state index is 5.67. The van der Waals surface area contributed by atoms with Crippen LogP contribution in [-0.2, 0) is 6.54 Å². The van der Waals surface area contributed by atoms with E-state index >= 15 is 0 Å². The lowest BCUT2D eigenvalue weighted by atomic mass is 10.2. The largest absolute Gasteiger partial charge is 0.493 e. The van der Waals surface area contributed by atoms with Gasteiger partial charge in [0, 0.05) is 38.4 Å². The lowest BCUT2D eigenvalue weighted by Crippen LogP contribution is -2.32. The molecule has 0 saturated carbocycles. The summed E-state index contributed by atoms with van der Waals surface area (Å²) in [6.07, 6.45) is 1.74. The Hall–Kier alpha value is -1.33. The summed E-state index contributed by atoms with van der Waals surface area (Å²) >= 11 is 0. The van der Waals surface area contributed by atoms with Gasteiger partial charge in [-0.3, -0.25) is 9.88 Å². The molecule has 0 amide bonds. The van der Waals surface area contributed by atoms with Crippen LogP contribution in [0.25, 0.3) is 0 Å². The molecule has 0 saturated heterocycles. The fourth-order valence-corrected chi connectivity index (χ4v) is 2.11. The molecule has 0 spiro atoms. The summed E-state index contributed by atoms with van der Waals surface area (Å²) in [6, 6.07) is 1.80. The van der Waals surface area contributed by atoms with E-state index in [1.807, 2.05) is 0 Å². The number of hydrogen-bond acceptors (Lipinski definition) is 5. The first-order chi connectivity index (χ1) is 9.12. The van der Waals surface area contributed by atoms with Gasteiger partial charge in [-0.25, -0.2) is 0 Å². The van der Waals surface area contributed by atoms with Crippen LogP contribution in [0.3, 0.4) is 0 Å². The normalized spacial score (nSPS) is 11.1. The highest BCUT2D eigenvalue weighted by Gasteiger charge is 2.15.